The van der Waals surface area contributed by atoms with E-state index in [1.165, 1.54) is 32.0 Å². The van der Waals surface area contributed by atoms with Crippen molar-refractivity contribution in [3.63, 3.8) is 0 Å². The molecule has 1 saturated heterocycles. The normalized spacial score (nSPS) is 21.5. The molecule has 2 rings (SSSR count). The Bertz CT molecular complexity index is 645. The number of benzene rings is 1. The van der Waals surface area contributed by atoms with Crippen LogP contribution in [0.3, 0.4) is 0 Å². The van der Waals surface area contributed by atoms with Crippen LogP contribution in [0.15, 0.2) is 18.2 Å². The molecule has 0 spiro atoms. The average molecular weight is 346 g/mol. The lowest BCUT2D eigenvalue weighted by Crippen LogP contribution is -2.58. The van der Waals surface area contributed by atoms with Crippen LogP contribution in [0.4, 0.5) is 17.6 Å². The molecule has 0 radical (unpaired) electrons. The number of piperidine rings is 1. The SMILES string of the molecule is CC(=O)N[C@@H]1CC[C@@H](C(F)(F)F)N(C(=O)c2cccc(C)c2F)C1. The van der Waals surface area contributed by atoms with Gasteiger partial charge >= 0.3 is 6.18 Å². The number of rotatable bonds is 2. The average Bonchev–Trinajstić information content (AvgIpc) is 2.47. The van der Waals surface area contributed by atoms with Crippen LogP contribution in [-0.2, 0) is 4.79 Å². The quantitative estimate of drug-likeness (QED) is 0.837. The van der Waals surface area contributed by atoms with E-state index >= 15 is 0 Å². The molecular formula is C16H18F4N2O2. The van der Waals surface area contributed by atoms with Gasteiger partial charge in [0.2, 0.25) is 5.91 Å². The number of halogens is 4. The lowest BCUT2D eigenvalue weighted by atomic mass is 9.96. The summed E-state index contributed by atoms with van der Waals surface area (Å²) in [7, 11) is 0. The summed E-state index contributed by atoms with van der Waals surface area (Å²) in [4.78, 5) is 24.3. The fraction of sp³-hybridized carbons (Fsp3) is 0.500. The predicted molar refractivity (Wildman–Crippen MR) is 78.9 cm³/mol. The third-order valence-electron chi connectivity index (χ3n) is 4.05. The summed E-state index contributed by atoms with van der Waals surface area (Å²) in [5.41, 5.74) is -0.215. The van der Waals surface area contributed by atoms with E-state index in [1.54, 1.807) is 0 Å². The van der Waals surface area contributed by atoms with Crippen molar-refractivity contribution in [2.75, 3.05) is 6.54 Å². The first-order chi connectivity index (χ1) is 11.1. The predicted octanol–water partition coefficient (Wildman–Crippen LogP) is 2.81. The van der Waals surface area contributed by atoms with E-state index < -0.39 is 35.5 Å². The first-order valence-corrected chi connectivity index (χ1v) is 7.51. The van der Waals surface area contributed by atoms with Gasteiger partial charge in [0, 0.05) is 19.5 Å². The number of carbonyl (C=O) groups excluding carboxylic acids is 2. The summed E-state index contributed by atoms with van der Waals surface area (Å²) in [6.07, 6.45) is -4.85. The van der Waals surface area contributed by atoms with Gasteiger partial charge in [-0.1, -0.05) is 12.1 Å². The number of nitrogens with zero attached hydrogens (tertiary/aromatic N) is 1. The molecule has 4 nitrogen and oxygen atoms in total. The topological polar surface area (TPSA) is 49.4 Å². The molecule has 1 aliphatic heterocycles. The minimum atomic E-state index is -4.61. The van der Waals surface area contributed by atoms with E-state index in [9.17, 15) is 27.2 Å². The molecule has 1 N–H and O–H groups in total. The fourth-order valence-corrected chi connectivity index (χ4v) is 2.91. The Morgan fingerprint density at radius 1 is 1.25 bits per heavy atom. The first kappa shape index (κ1) is 18.2. The van der Waals surface area contributed by atoms with Gasteiger partial charge in [-0.05, 0) is 31.4 Å². The van der Waals surface area contributed by atoms with E-state index in [2.05, 4.69) is 5.32 Å². The molecule has 1 aromatic carbocycles. The zero-order valence-corrected chi connectivity index (χ0v) is 13.3. The second kappa shape index (κ2) is 6.78. The van der Waals surface area contributed by atoms with Crippen LogP contribution in [0.5, 0.6) is 0 Å². The summed E-state index contributed by atoms with van der Waals surface area (Å²) in [5, 5.41) is 2.52. The monoisotopic (exact) mass is 346 g/mol. The Morgan fingerprint density at radius 3 is 2.50 bits per heavy atom. The first-order valence-electron chi connectivity index (χ1n) is 7.51. The Labute approximate surface area is 136 Å². The van der Waals surface area contributed by atoms with Gasteiger partial charge in [-0.3, -0.25) is 9.59 Å². The standard InChI is InChI=1S/C16H18F4N2O2/c1-9-4-3-5-12(14(9)17)15(24)22-8-11(21-10(2)23)6-7-13(22)16(18,19)20/h3-5,11,13H,6-8H2,1-2H3,(H,21,23)/t11-,13+/m1/s1. The van der Waals surface area contributed by atoms with Gasteiger partial charge in [0.25, 0.3) is 5.91 Å². The molecule has 2 amide bonds. The number of nitrogens with one attached hydrogen (secondary N) is 1. The molecule has 0 aliphatic carbocycles. The van der Waals surface area contributed by atoms with Crippen LogP contribution < -0.4 is 5.32 Å². The fourth-order valence-electron chi connectivity index (χ4n) is 2.91. The number of aryl methyl sites for hydroxylation is 1. The molecule has 132 valence electrons. The lowest BCUT2D eigenvalue weighted by Gasteiger charge is -2.40. The molecule has 1 aromatic rings. The van der Waals surface area contributed by atoms with Gasteiger partial charge in [0.05, 0.1) is 5.56 Å². The third kappa shape index (κ3) is 3.85. The van der Waals surface area contributed by atoms with E-state index in [-0.39, 0.29) is 30.9 Å². The maximum absolute atomic E-state index is 14.1. The van der Waals surface area contributed by atoms with E-state index in [0.29, 0.717) is 4.90 Å². The summed E-state index contributed by atoms with van der Waals surface area (Å²) in [6, 6.07) is 1.45. The van der Waals surface area contributed by atoms with Crippen molar-refractivity contribution in [1.82, 2.24) is 10.2 Å². The second-order valence-corrected chi connectivity index (χ2v) is 5.93. The molecule has 24 heavy (non-hydrogen) atoms. The highest BCUT2D eigenvalue weighted by Crippen LogP contribution is 2.33. The van der Waals surface area contributed by atoms with Crippen LogP contribution in [0, 0.1) is 12.7 Å². The van der Waals surface area contributed by atoms with E-state index in [4.69, 9.17) is 0 Å². The molecule has 0 aromatic heterocycles. The van der Waals surface area contributed by atoms with Crippen LogP contribution in [0.1, 0.15) is 35.7 Å². The van der Waals surface area contributed by atoms with Crippen molar-refractivity contribution in [2.24, 2.45) is 0 Å². The maximum atomic E-state index is 14.1. The van der Waals surface area contributed by atoms with Crippen molar-refractivity contribution < 1.29 is 27.2 Å². The molecule has 0 saturated carbocycles. The van der Waals surface area contributed by atoms with E-state index in [1.807, 2.05) is 0 Å². The molecule has 0 unspecified atom stereocenters. The molecule has 0 bridgehead atoms. The van der Waals surface area contributed by atoms with Crippen LogP contribution in [0.25, 0.3) is 0 Å². The lowest BCUT2D eigenvalue weighted by molar-refractivity contribution is -0.184. The van der Waals surface area contributed by atoms with E-state index in [0.717, 1.165) is 0 Å². The third-order valence-corrected chi connectivity index (χ3v) is 4.05. The van der Waals surface area contributed by atoms with Crippen molar-refractivity contribution >= 4 is 11.8 Å². The molecule has 1 heterocycles. The number of likely N-dealkylation sites (tertiary alicyclic amines) is 1. The second-order valence-electron chi connectivity index (χ2n) is 5.93. The zero-order valence-electron chi connectivity index (χ0n) is 13.3. The molecule has 8 heteroatoms. The van der Waals surface area contributed by atoms with Gasteiger partial charge in [0.15, 0.2) is 0 Å². The summed E-state index contributed by atoms with van der Waals surface area (Å²) in [5.74, 6) is -2.24. The van der Waals surface area contributed by atoms with Crippen LogP contribution in [0.2, 0.25) is 0 Å². The number of amides is 2. The Hall–Kier alpha value is -2.12. The highest BCUT2D eigenvalue weighted by Gasteiger charge is 2.48. The minimum Gasteiger partial charge on any atom is -0.352 e. The highest BCUT2D eigenvalue weighted by molar-refractivity contribution is 5.95. The van der Waals surface area contributed by atoms with Crippen LogP contribution in [-0.4, -0.2) is 41.5 Å². The van der Waals surface area contributed by atoms with Crippen molar-refractivity contribution in [3.05, 3.63) is 35.1 Å². The summed E-state index contributed by atoms with van der Waals surface area (Å²) >= 11 is 0. The van der Waals surface area contributed by atoms with Crippen molar-refractivity contribution in [1.29, 1.82) is 0 Å². The number of alkyl halides is 3. The Morgan fingerprint density at radius 2 is 1.92 bits per heavy atom. The summed E-state index contributed by atoms with van der Waals surface area (Å²) < 4.78 is 53.9. The highest BCUT2D eigenvalue weighted by atomic mass is 19.4. The number of hydrogen-bond acceptors (Lipinski definition) is 2. The van der Waals surface area contributed by atoms with Gasteiger partial charge < -0.3 is 10.2 Å². The Kier molecular flexibility index (Phi) is 5.15. The Balaban J connectivity index is 2.34. The molecule has 1 fully saturated rings. The number of carbonyl (C=O) groups is 2. The number of hydrogen-bond donors (Lipinski definition) is 1. The molecule has 2 atom stereocenters. The molecular weight excluding hydrogens is 328 g/mol. The van der Waals surface area contributed by atoms with Gasteiger partial charge in [0.1, 0.15) is 11.9 Å². The van der Waals surface area contributed by atoms with Crippen molar-refractivity contribution in [3.8, 4) is 0 Å². The minimum absolute atomic E-state index is 0.101. The van der Waals surface area contributed by atoms with Gasteiger partial charge in [-0.25, -0.2) is 4.39 Å². The largest absolute Gasteiger partial charge is 0.408 e. The maximum Gasteiger partial charge on any atom is 0.408 e. The zero-order chi connectivity index (χ0) is 18.1. The van der Waals surface area contributed by atoms with Crippen LogP contribution >= 0.6 is 0 Å². The molecule has 1 aliphatic rings. The van der Waals surface area contributed by atoms with Crippen molar-refractivity contribution in [2.45, 2.75) is 44.9 Å². The smallest absolute Gasteiger partial charge is 0.352 e. The van der Waals surface area contributed by atoms with Gasteiger partial charge in [-0.2, -0.15) is 13.2 Å². The van der Waals surface area contributed by atoms with Gasteiger partial charge in [-0.15, -0.1) is 0 Å². The summed E-state index contributed by atoms with van der Waals surface area (Å²) in [6.45, 7) is 2.38.